The van der Waals surface area contributed by atoms with Crippen LogP contribution < -0.4 is 10.2 Å². The topological polar surface area (TPSA) is 114 Å². The number of phosphoric acid groups is 1. The normalized spacial score (nSPS) is 14.2. The van der Waals surface area contributed by atoms with E-state index in [4.69, 9.17) is 13.8 Å². The van der Waals surface area contributed by atoms with E-state index in [1.807, 2.05) is 33.3 Å². The summed E-state index contributed by atoms with van der Waals surface area (Å²) in [6, 6.07) is -0.908. The standard InChI is InChI=1S/C70H125N2O7P/c1-7-10-13-16-19-22-25-27-29-31-32-33-34-35-36-37-38-39-40-41-43-45-48-51-54-57-60-63-70(74)79-68(61-58-55-52-49-46-24-21-18-15-12-9-3)67(66-78-80(75,76)77-65-64-72(4,5)6)71-69(73)62-59-56-53-50-47-44-42-30-28-26-23-20-17-14-11-8-2/h10,13,19,22,27,29-30,32-33,35-36,42,44,47,58,61,67-68H,7-9,11-12,14-18,20-21,23-26,28,31,34,37-41,43,45-46,48-57,59-60,62-66H2,1-6H3,(H-,71,73,75,76)/b13-10-,22-19-,29-27-,33-32-,36-35-,42-30+,47-44+,61-58-. The Morgan fingerprint density at radius 3 is 1.29 bits per heavy atom. The largest absolute Gasteiger partial charge is 0.756 e. The minimum absolute atomic E-state index is 0.0312. The molecule has 0 fully saturated rings. The van der Waals surface area contributed by atoms with Crippen molar-refractivity contribution in [2.24, 2.45) is 0 Å². The molecule has 0 bridgehead atoms. The molecule has 0 aromatic rings. The second kappa shape index (κ2) is 59.1. The van der Waals surface area contributed by atoms with Gasteiger partial charge in [-0.05, 0) is 102 Å². The maximum absolute atomic E-state index is 13.5. The fourth-order valence-electron chi connectivity index (χ4n) is 9.19. The third-order valence-electron chi connectivity index (χ3n) is 14.3. The number of amides is 1. The van der Waals surface area contributed by atoms with Crippen molar-refractivity contribution in [3.05, 3.63) is 97.2 Å². The molecule has 0 saturated heterocycles. The van der Waals surface area contributed by atoms with Crippen molar-refractivity contribution in [1.29, 1.82) is 0 Å². The molecule has 0 radical (unpaired) electrons. The highest BCUT2D eigenvalue weighted by atomic mass is 31.2. The van der Waals surface area contributed by atoms with Crippen LogP contribution in [0.25, 0.3) is 0 Å². The SMILES string of the molecule is CC/C=C\C/C=C\C/C=C\C/C=C\C/C=C\CCCCCCCCCCCCCC(=O)OC(/C=C\CCCCCCCCCCC)C(COP(=O)([O-])OCC[N+](C)(C)C)NC(=O)CCCCC/C=C/C=C/CCCCCCCCC. The minimum atomic E-state index is -4.71. The summed E-state index contributed by atoms with van der Waals surface area (Å²) >= 11 is 0. The molecule has 10 heteroatoms. The third-order valence-corrected chi connectivity index (χ3v) is 15.2. The Bertz CT molecular complexity index is 1690. The highest BCUT2D eigenvalue weighted by Gasteiger charge is 2.27. The van der Waals surface area contributed by atoms with Gasteiger partial charge in [0, 0.05) is 12.8 Å². The summed E-state index contributed by atoms with van der Waals surface area (Å²) in [6.45, 7) is 6.70. The van der Waals surface area contributed by atoms with Crippen LogP contribution in [0.15, 0.2) is 97.2 Å². The lowest BCUT2D eigenvalue weighted by Gasteiger charge is -2.30. The van der Waals surface area contributed by atoms with Crippen LogP contribution in [-0.4, -0.2) is 69.4 Å². The molecule has 0 aliphatic carbocycles. The average molecular weight is 1140 g/mol. The van der Waals surface area contributed by atoms with Crippen LogP contribution in [0.2, 0.25) is 0 Å². The lowest BCUT2D eigenvalue weighted by atomic mass is 10.0. The van der Waals surface area contributed by atoms with E-state index in [9.17, 15) is 19.0 Å². The molecule has 0 spiro atoms. The number of quaternary nitrogens is 1. The number of carbonyl (C=O) groups excluding carboxylic acids is 2. The van der Waals surface area contributed by atoms with Crippen LogP contribution in [-0.2, 0) is 27.9 Å². The molecule has 1 N–H and O–H groups in total. The van der Waals surface area contributed by atoms with E-state index >= 15 is 0 Å². The lowest BCUT2D eigenvalue weighted by molar-refractivity contribution is -0.870. The predicted octanol–water partition coefficient (Wildman–Crippen LogP) is 20.1. The first-order chi connectivity index (χ1) is 38.9. The van der Waals surface area contributed by atoms with Crippen molar-refractivity contribution in [3.8, 4) is 0 Å². The van der Waals surface area contributed by atoms with Crippen LogP contribution in [0.1, 0.15) is 284 Å². The van der Waals surface area contributed by atoms with Crippen LogP contribution >= 0.6 is 7.82 Å². The number of rotatable bonds is 59. The molecule has 3 atom stereocenters. The highest BCUT2D eigenvalue weighted by molar-refractivity contribution is 7.45. The Hall–Kier alpha value is -3.07. The number of esters is 1. The first-order valence-corrected chi connectivity index (χ1v) is 34.5. The van der Waals surface area contributed by atoms with E-state index < -0.39 is 26.6 Å². The summed E-state index contributed by atoms with van der Waals surface area (Å²) in [4.78, 5) is 40.0. The maximum atomic E-state index is 13.5. The second-order valence-corrected chi connectivity index (χ2v) is 24.7. The Morgan fingerprint density at radius 1 is 0.463 bits per heavy atom. The van der Waals surface area contributed by atoms with Crippen molar-refractivity contribution < 1.29 is 37.3 Å². The molecule has 0 saturated carbocycles. The second-order valence-electron chi connectivity index (χ2n) is 23.3. The summed E-state index contributed by atoms with van der Waals surface area (Å²) in [6.07, 6.45) is 79.6. The molecule has 1 amide bonds. The number of hydrogen-bond donors (Lipinski definition) is 1. The van der Waals surface area contributed by atoms with Crippen LogP contribution in [0.4, 0.5) is 0 Å². The Kier molecular flexibility index (Phi) is 56.8. The molecule has 0 aromatic carbocycles. The van der Waals surface area contributed by atoms with Gasteiger partial charge in [0.1, 0.15) is 19.3 Å². The first-order valence-electron chi connectivity index (χ1n) is 33.1. The quantitative estimate of drug-likeness (QED) is 0.0161. The summed E-state index contributed by atoms with van der Waals surface area (Å²) < 4.78 is 30.3. The molecule has 0 aromatic heterocycles. The lowest BCUT2D eigenvalue weighted by Crippen LogP contribution is -2.47. The molecule has 9 nitrogen and oxygen atoms in total. The van der Waals surface area contributed by atoms with Crippen molar-refractivity contribution >= 4 is 19.7 Å². The van der Waals surface area contributed by atoms with Crippen LogP contribution in [0.3, 0.4) is 0 Å². The van der Waals surface area contributed by atoms with Gasteiger partial charge in [-0.1, -0.05) is 266 Å². The smallest absolute Gasteiger partial charge is 0.306 e. The zero-order valence-electron chi connectivity index (χ0n) is 52.8. The van der Waals surface area contributed by atoms with E-state index in [-0.39, 0.29) is 31.3 Å². The average Bonchev–Trinajstić information content (AvgIpc) is 3.43. The first kappa shape index (κ1) is 76.9. The third kappa shape index (κ3) is 59.5. The van der Waals surface area contributed by atoms with Gasteiger partial charge in [-0.2, -0.15) is 0 Å². The number of ether oxygens (including phenoxy) is 1. The van der Waals surface area contributed by atoms with Crippen molar-refractivity contribution in [3.63, 3.8) is 0 Å². The van der Waals surface area contributed by atoms with E-state index in [1.54, 1.807) is 0 Å². The number of nitrogens with zero attached hydrogens (tertiary/aromatic N) is 1. The van der Waals surface area contributed by atoms with Gasteiger partial charge in [-0.15, -0.1) is 0 Å². The van der Waals surface area contributed by atoms with Crippen molar-refractivity contribution in [2.45, 2.75) is 296 Å². The van der Waals surface area contributed by atoms with E-state index in [0.29, 0.717) is 17.4 Å². The molecule has 462 valence electrons. The van der Waals surface area contributed by atoms with Crippen LogP contribution in [0, 0.1) is 0 Å². The number of carbonyl (C=O) groups is 2. The van der Waals surface area contributed by atoms with Gasteiger partial charge < -0.3 is 28.5 Å². The summed E-state index contributed by atoms with van der Waals surface area (Å²) in [5.74, 6) is -0.576. The molecule has 0 heterocycles. The van der Waals surface area contributed by atoms with Gasteiger partial charge in [0.2, 0.25) is 5.91 Å². The fraction of sp³-hybridized carbons (Fsp3) is 0.743. The van der Waals surface area contributed by atoms with Crippen molar-refractivity contribution in [2.75, 3.05) is 40.9 Å². The zero-order chi connectivity index (χ0) is 58.6. The van der Waals surface area contributed by atoms with Crippen LogP contribution in [0.5, 0.6) is 0 Å². The highest BCUT2D eigenvalue weighted by Crippen LogP contribution is 2.38. The van der Waals surface area contributed by atoms with Gasteiger partial charge in [-0.3, -0.25) is 14.2 Å². The molecular weight excluding hydrogens is 1010 g/mol. The molecule has 0 rings (SSSR count). The van der Waals surface area contributed by atoms with Gasteiger partial charge in [0.15, 0.2) is 0 Å². The molecule has 80 heavy (non-hydrogen) atoms. The Balaban J connectivity index is 5.09. The Morgan fingerprint density at radius 2 is 0.838 bits per heavy atom. The number of unbranched alkanes of at least 4 members (excludes halogenated alkanes) is 30. The molecule has 3 unspecified atom stereocenters. The number of likely N-dealkylation sites (N-methyl/N-ethyl adjacent to an activating group) is 1. The monoisotopic (exact) mass is 1140 g/mol. The zero-order valence-corrected chi connectivity index (χ0v) is 53.7. The van der Waals surface area contributed by atoms with E-state index in [0.717, 1.165) is 109 Å². The Labute approximate surface area is 494 Å². The summed E-state index contributed by atoms with van der Waals surface area (Å²) in [5, 5.41) is 3.01. The summed E-state index contributed by atoms with van der Waals surface area (Å²) in [7, 11) is 1.16. The predicted molar refractivity (Wildman–Crippen MR) is 344 cm³/mol. The number of allylic oxidation sites excluding steroid dienone is 15. The molecule has 0 aliphatic rings. The molecule has 0 aliphatic heterocycles. The fourth-order valence-corrected chi connectivity index (χ4v) is 9.91. The summed E-state index contributed by atoms with van der Waals surface area (Å²) in [5.41, 5.74) is 0. The van der Waals surface area contributed by atoms with Gasteiger partial charge in [-0.25, -0.2) is 0 Å². The van der Waals surface area contributed by atoms with E-state index in [1.165, 1.54) is 135 Å². The molecular formula is C70H125N2O7P. The number of phosphoric ester groups is 1. The minimum Gasteiger partial charge on any atom is -0.756 e. The number of nitrogens with one attached hydrogen (secondary N) is 1. The number of hydrogen-bond acceptors (Lipinski definition) is 7. The van der Waals surface area contributed by atoms with Gasteiger partial charge >= 0.3 is 5.97 Å². The maximum Gasteiger partial charge on any atom is 0.306 e. The van der Waals surface area contributed by atoms with Crippen molar-refractivity contribution in [1.82, 2.24) is 5.32 Å². The van der Waals surface area contributed by atoms with Gasteiger partial charge in [0.25, 0.3) is 7.82 Å². The van der Waals surface area contributed by atoms with E-state index in [2.05, 4.69) is 111 Å². The van der Waals surface area contributed by atoms with Gasteiger partial charge in [0.05, 0.1) is 33.8 Å².